The summed E-state index contributed by atoms with van der Waals surface area (Å²) in [6.07, 6.45) is 3.36. The number of para-hydroxylation sites is 1. The van der Waals surface area contributed by atoms with Crippen molar-refractivity contribution in [2.45, 2.75) is 25.8 Å². The summed E-state index contributed by atoms with van der Waals surface area (Å²) in [5, 5.41) is 0.967. The fourth-order valence-electron chi connectivity index (χ4n) is 4.21. The Balaban J connectivity index is 1.39. The number of methoxy groups -OCH3 is 1. The zero-order chi connectivity index (χ0) is 20.4. The monoisotopic (exact) mass is 390 g/mol. The highest BCUT2D eigenvalue weighted by atomic mass is 16.5. The third-order valence-corrected chi connectivity index (χ3v) is 6.06. The van der Waals surface area contributed by atoms with Crippen molar-refractivity contribution in [3.05, 3.63) is 65.9 Å². The van der Waals surface area contributed by atoms with Crippen molar-refractivity contribution in [1.82, 2.24) is 9.88 Å². The Morgan fingerprint density at radius 2 is 1.76 bits per heavy atom. The first-order chi connectivity index (χ1) is 14.1. The number of ketones is 2. The molecule has 1 unspecified atom stereocenters. The first-order valence-corrected chi connectivity index (χ1v) is 10.1. The first kappa shape index (κ1) is 19.4. The number of Topliss-reactive ketones (excluding diaryl/α,β-unsaturated/α-hetero) is 2. The number of benzene rings is 2. The van der Waals surface area contributed by atoms with E-state index in [1.807, 2.05) is 61.7 Å². The number of ether oxygens (including phenoxy) is 1. The number of H-pyrrole nitrogens is 1. The van der Waals surface area contributed by atoms with Gasteiger partial charge in [-0.3, -0.25) is 14.5 Å². The molecule has 2 aromatic carbocycles. The van der Waals surface area contributed by atoms with Gasteiger partial charge in [0.25, 0.3) is 0 Å². The summed E-state index contributed by atoms with van der Waals surface area (Å²) >= 11 is 0. The molecule has 0 bridgehead atoms. The number of aromatic nitrogens is 1. The molecule has 150 valence electrons. The molecule has 1 aliphatic rings. The van der Waals surface area contributed by atoms with Crippen molar-refractivity contribution < 1.29 is 14.3 Å². The lowest BCUT2D eigenvalue weighted by Crippen LogP contribution is -2.45. The molecule has 1 fully saturated rings. The highest BCUT2D eigenvalue weighted by Crippen LogP contribution is 2.26. The zero-order valence-electron chi connectivity index (χ0n) is 16.9. The number of hydrogen-bond acceptors (Lipinski definition) is 4. The van der Waals surface area contributed by atoms with Crippen LogP contribution in [0.15, 0.2) is 54.7 Å². The van der Waals surface area contributed by atoms with E-state index in [0.29, 0.717) is 0 Å². The molecule has 2 heterocycles. The maximum Gasteiger partial charge on any atom is 0.181 e. The summed E-state index contributed by atoms with van der Waals surface area (Å²) < 4.78 is 5.16. The highest BCUT2D eigenvalue weighted by molar-refractivity contribution is 6.10. The Hall–Kier alpha value is -2.92. The number of hydrogen-bond donors (Lipinski definition) is 1. The van der Waals surface area contributed by atoms with Crippen molar-refractivity contribution in [2.24, 2.45) is 5.92 Å². The number of nitrogens with one attached hydrogen (secondary N) is 1. The lowest BCUT2D eigenvalue weighted by Gasteiger charge is -2.34. The quantitative estimate of drug-likeness (QED) is 0.636. The van der Waals surface area contributed by atoms with Gasteiger partial charge in [-0.15, -0.1) is 0 Å². The van der Waals surface area contributed by atoms with Crippen molar-refractivity contribution in [3.63, 3.8) is 0 Å². The third-order valence-electron chi connectivity index (χ3n) is 6.06. The second kappa shape index (κ2) is 8.21. The average molecular weight is 390 g/mol. The zero-order valence-corrected chi connectivity index (χ0v) is 16.9. The van der Waals surface area contributed by atoms with Gasteiger partial charge in [-0.1, -0.05) is 18.2 Å². The van der Waals surface area contributed by atoms with Crippen LogP contribution in [0.3, 0.4) is 0 Å². The summed E-state index contributed by atoms with van der Waals surface area (Å²) in [6.45, 7) is 3.47. The van der Waals surface area contributed by atoms with Crippen molar-refractivity contribution in [3.8, 4) is 5.75 Å². The Morgan fingerprint density at radius 1 is 1.07 bits per heavy atom. The van der Waals surface area contributed by atoms with Gasteiger partial charge in [0.2, 0.25) is 0 Å². The Labute approximate surface area is 170 Å². The second-order valence-electron chi connectivity index (χ2n) is 7.69. The molecule has 1 saturated heterocycles. The number of nitrogens with zero attached hydrogens (tertiary/aromatic N) is 1. The van der Waals surface area contributed by atoms with Crippen LogP contribution in [-0.4, -0.2) is 47.7 Å². The normalized spacial score (nSPS) is 16.6. The number of rotatable bonds is 6. The molecular weight excluding hydrogens is 364 g/mol. The smallest absolute Gasteiger partial charge is 0.181 e. The Bertz CT molecular complexity index is 1010. The van der Waals surface area contributed by atoms with E-state index in [2.05, 4.69) is 9.88 Å². The van der Waals surface area contributed by atoms with Gasteiger partial charge >= 0.3 is 0 Å². The molecule has 1 N–H and O–H groups in total. The summed E-state index contributed by atoms with van der Waals surface area (Å²) in [7, 11) is 1.62. The average Bonchev–Trinajstić information content (AvgIpc) is 3.22. The van der Waals surface area contributed by atoms with Gasteiger partial charge < -0.3 is 9.72 Å². The minimum atomic E-state index is -0.203. The predicted molar refractivity (Wildman–Crippen MR) is 114 cm³/mol. The lowest BCUT2D eigenvalue weighted by molar-refractivity contribution is 0.0714. The lowest BCUT2D eigenvalue weighted by atomic mass is 9.88. The van der Waals surface area contributed by atoms with Gasteiger partial charge in [0, 0.05) is 34.1 Å². The van der Waals surface area contributed by atoms with Crippen LogP contribution in [0.4, 0.5) is 0 Å². The largest absolute Gasteiger partial charge is 0.497 e. The number of fused-ring (bicyclic) bond motifs is 1. The molecule has 1 aliphatic heterocycles. The molecule has 0 spiro atoms. The van der Waals surface area contributed by atoms with Gasteiger partial charge in [-0.25, -0.2) is 0 Å². The van der Waals surface area contributed by atoms with Crippen molar-refractivity contribution in [2.75, 3.05) is 20.2 Å². The standard InChI is InChI=1S/C24H26N2O3/c1-16(23(27)21-15-25-22-6-4-3-5-20(21)22)26-13-11-18(12-14-26)24(28)17-7-9-19(29-2)10-8-17/h3-10,15-16,18,25H,11-14H2,1-2H3. The van der Waals surface area contributed by atoms with Crippen molar-refractivity contribution in [1.29, 1.82) is 0 Å². The van der Waals surface area contributed by atoms with Crippen LogP contribution < -0.4 is 4.74 Å². The second-order valence-corrected chi connectivity index (χ2v) is 7.69. The molecule has 29 heavy (non-hydrogen) atoms. The van der Waals surface area contributed by atoms with Crippen LogP contribution in [0.25, 0.3) is 10.9 Å². The minimum absolute atomic E-state index is 0.00929. The topological polar surface area (TPSA) is 62.4 Å². The van der Waals surface area contributed by atoms with E-state index in [1.54, 1.807) is 7.11 Å². The molecule has 0 aliphatic carbocycles. The Kier molecular flexibility index (Phi) is 5.49. The molecule has 1 aromatic heterocycles. The van der Waals surface area contributed by atoms with Gasteiger partial charge in [0.05, 0.1) is 13.2 Å². The van der Waals surface area contributed by atoms with Crippen LogP contribution in [0, 0.1) is 5.92 Å². The first-order valence-electron chi connectivity index (χ1n) is 10.1. The van der Waals surface area contributed by atoms with E-state index in [1.165, 1.54) is 0 Å². The summed E-state index contributed by atoms with van der Waals surface area (Å²) in [5.74, 6) is 1.07. The van der Waals surface area contributed by atoms with Gasteiger partial charge in [0.1, 0.15) is 5.75 Å². The highest BCUT2D eigenvalue weighted by Gasteiger charge is 2.31. The predicted octanol–water partition coefficient (Wildman–Crippen LogP) is 4.34. The van der Waals surface area contributed by atoms with E-state index in [4.69, 9.17) is 4.74 Å². The fraction of sp³-hybridized carbons (Fsp3) is 0.333. The molecule has 0 saturated carbocycles. The summed E-state index contributed by atoms with van der Waals surface area (Å²) in [6, 6.07) is 15.0. The van der Waals surface area contributed by atoms with E-state index >= 15 is 0 Å². The maximum absolute atomic E-state index is 13.1. The molecule has 1 atom stereocenters. The van der Waals surface area contributed by atoms with E-state index < -0.39 is 0 Å². The number of piperidine rings is 1. The molecule has 5 heteroatoms. The maximum atomic E-state index is 13.1. The van der Waals surface area contributed by atoms with Gasteiger partial charge in [-0.05, 0) is 63.2 Å². The van der Waals surface area contributed by atoms with E-state index in [0.717, 1.165) is 53.7 Å². The van der Waals surface area contributed by atoms with Crippen LogP contribution in [0.2, 0.25) is 0 Å². The van der Waals surface area contributed by atoms with Crippen LogP contribution in [0.1, 0.15) is 40.5 Å². The molecular formula is C24H26N2O3. The minimum Gasteiger partial charge on any atom is -0.497 e. The molecule has 3 aromatic rings. The fourth-order valence-corrected chi connectivity index (χ4v) is 4.21. The number of aromatic amines is 1. The van der Waals surface area contributed by atoms with Crippen molar-refractivity contribution >= 4 is 22.5 Å². The number of carbonyl (C=O) groups excluding carboxylic acids is 2. The molecule has 5 nitrogen and oxygen atoms in total. The van der Waals surface area contributed by atoms with Crippen LogP contribution in [0.5, 0.6) is 5.75 Å². The van der Waals surface area contributed by atoms with Gasteiger partial charge in [0.15, 0.2) is 11.6 Å². The third kappa shape index (κ3) is 3.83. The number of likely N-dealkylation sites (tertiary alicyclic amines) is 1. The van der Waals surface area contributed by atoms with E-state index in [9.17, 15) is 9.59 Å². The number of carbonyl (C=O) groups is 2. The van der Waals surface area contributed by atoms with Crippen LogP contribution in [-0.2, 0) is 0 Å². The molecule has 0 radical (unpaired) electrons. The summed E-state index contributed by atoms with van der Waals surface area (Å²) in [4.78, 5) is 31.3. The molecule has 0 amide bonds. The Morgan fingerprint density at radius 3 is 2.45 bits per heavy atom. The summed E-state index contributed by atoms with van der Waals surface area (Å²) in [5.41, 5.74) is 2.45. The van der Waals surface area contributed by atoms with Crippen LogP contribution >= 0.6 is 0 Å². The SMILES string of the molecule is COc1ccc(C(=O)C2CCN(C(C)C(=O)c3c[nH]c4ccccc34)CC2)cc1. The van der Waals surface area contributed by atoms with E-state index in [-0.39, 0.29) is 23.5 Å². The van der Waals surface area contributed by atoms with Gasteiger partial charge in [-0.2, -0.15) is 0 Å². The molecule has 4 rings (SSSR count).